The van der Waals surface area contributed by atoms with E-state index in [1.807, 2.05) is 12.3 Å². The summed E-state index contributed by atoms with van der Waals surface area (Å²) in [6, 6.07) is 1.13. The third-order valence-electron chi connectivity index (χ3n) is 7.16. The fraction of sp³-hybridized carbons (Fsp3) is 0.444. The first-order valence-electron chi connectivity index (χ1n) is 13.2. The zero-order chi connectivity index (χ0) is 29.3. The number of methoxy groups -OCH3 is 2. The van der Waals surface area contributed by atoms with Crippen molar-refractivity contribution in [1.82, 2.24) is 20.3 Å². The molecule has 1 fully saturated rings. The number of hydrogen-bond donors (Lipinski definition) is 2. The minimum Gasteiger partial charge on any atom is -0.495 e. The van der Waals surface area contributed by atoms with Gasteiger partial charge in [-0.25, -0.2) is 14.8 Å². The Hall–Kier alpha value is -3.35. The largest absolute Gasteiger partial charge is 0.495 e. The normalized spacial score (nSPS) is 18.6. The summed E-state index contributed by atoms with van der Waals surface area (Å²) in [6.45, 7) is 3.73. The van der Waals surface area contributed by atoms with Gasteiger partial charge in [0, 0.05) is 42.2 Å². The van der Waals surface area contributed by atoms with Crippen LogP contribution in [-0.4, -0.2) is 53.2 Å². The van der Waals surface area contributed by atoms with Gasteiger partial charge in [-0.05, 0) is 19.8 Å². The highest BCUT2D eigenvalue weighted by Gasteiger charge is 2.37. The van der Waals surface area contributed by atoms with E-state index in [0.29, 0.717) is 28.8 Å². The number of carbonyl (C=O) groups is 2. The van der Waals surface area contributed by atoms with Gasteiger partial charge in [-0.15, -0.1) is 11.3 Å². The number of carbonyl (C=O) groups excluding carboxylic acids is 2. The van der Waals surface area contributed by atoms with Crippen molar-refractivity contribution in [3.05, 3.63) is 44.0 Å². The van der Waals surface area contributed by atoms with Gasteiger partial charge >= 0.3 is 6.03 Å². The van der Waals surface area contributed by atoms with Crippen molar-refractivity contribution in [3.63, 3.8) is 0 Å². The molecule has 0 saturated heterocycles. The van der Waals surface area contributed by atoms with Crippen molar-refractivity contribution in [2.45, 2.75) is 64.7 Å². The first-order valence-corrected chi connectivity index (χ1v) is 14.8. The number of amides is 3. The lowest BCUT2D eigenvalue weighted by Crippen LogP contribution is -2.49. The van der Waals surface area contributed by atoms with Crippen molar-refractivity contribution in [2.75, 3.05) is 29.3 Å². The smallest absolute Gasteiger partial charge is 0.330 e. The van der Waals surface area contributed by atoms with Crippen LogP contribution in [-0.2, 0) is 17.9 Å². The van der Waals surface area contributed by atoms with Crippen LogP contribution in [0.2, 0.25) is 10.0 Å². The molecule has 3 heterocycles. The molecule has 2 aliphatic rings. The molecule has 11 nitrogen and oxygen atoms in total. The summed E-state index contributed by atoms with van der Waals surface area (Å²) >= 11 is 14.9. The van der Waals surface area contributed by atoms with Crippen LogP contribution >= 0.6 is 34.5 Å². The molecule has 2 aromatic heterocycles. The summed E-state index contributed by atoms with van der Waals surface area (Å²) in [7, 11) is 2.96. The molecular formula is C27H31Cl2N7O4S. The first-order chi connectivity index (χ1) is 19.7. The van der Waals surface area contributed by atoms with Crippen LogP contribution in [0.5, 0.6) is 11.5 Å². The maximum atomic E-state index is 14.2. The monoisotopic (exact) mass is 619 g/mol. The van der Waals surface area contributed by atoms with Gasteiger partial charge in [0.1, 0.15) is 27.4 Å². The topological polar surface area (TPSA) is 122 Å². The summed E-state index contributed by atoms with van der Waals surface area (Å²) in [4.78, 5) is 42.9. The number of aryl methyl sites for hydroxylation is 1. The van der Waals surface area contributed by atoms with Crippen LogP contribution < -0.4 is 29.9 Å². The molecule has 3 amide bonds. The van der Waals surface area contributed by atoms with E-state index in [-0.39, 0.29) is 52.8 Å². The van der Waals surface area contributed by atoms with E-state index in [1.165, 1.54) is 37.4 Å². The maximum Gasteiger partial charge on any atom is 0.330 e. The molecule has 3 aromatic rings. The van der Waals surface area contributed by atoms with E-state index >= 15 is 0 Å². The molecule has 0 radical (unpaired) electrons. The maximum absolute atomic E-state index is 14.2. The fourth-order valence-electron chi connectivity index (χ4n) is 5.26. The van der Waals surface area contributed by atoms with Gasteiger partial charge in [-0.1, -0.05) is 36.0 Å². The number of benzene rings is 1. The summed E-state index contributed by atoms with van der Waals surface area (Å²) in [6.07, 6.45) is 5.51. The van der Waals surface area contributed by atoms with Crippen molar-refractivity contribution in [3.8, 4) is 11.5 Å². The second kappa shape index (κ2) is 12.3. The molecule has 41 heavy (non-hydrogen) atoms. The Balaban J connectivity index is 1.54. The van der Waals surface area contributed by atoms with Gasteiger partial charge in [0.15, 0.2) is 0 Å². The van der Waals surface area contributed by atoms with Crippen molar-refractivity contribution in [2.24, 2.45) is 0 Å². The van der Waals surface area contributed by atoms with Crippen molar-refractivity contribution in [1.29, 1.82) is 0 Å². The number of halogens is 2. The predicted octanol–water partition coefficient (Wildman–Crippen LogP) is 5.57. The third kappa shape index (κ3) is 6.00. The molecule has 2 unspecified atom stereocenters. The molecule has 1 aliphatic heterocycles. The Labute approximate surface area is 252 Å². The number of rotatable bonds is 8. The average molecular weight is 621 g/mol. The lowest BCUT2D eigenvalue weighted by Gasteiger charge is -2.37. The summed E-state index contributed by atoms with van der Waals surface area (Å²) < 4.78 is 10.9. The number of anilines is 3. The molecule has 5 rings (SSSR count). The molecule has 2 N–H and O–H groups in total. The molecule has 0 bridgehead atoms. The number of urea groups is 1. The van der Waals surface area contributed by atoms with E-state index in [0.717, 1.165) is 36.4 Å². The Morgan fingerprint density at radius 2 is 1.80 bits per heavy atom. The van der Waals surface area contributed by atoms with E-state index in [1.54, 1.807) is 17.2 Å². The Kier molecular flexibility index (Phi) is 8.71. The highest BCUT2D eigenvalue weighted by molar-refractivity contribution is 7.09. The fourth-order valence-corrected chi connectivity index (χ4v) is 6.57. The van der Waals surface area contributed by atoms with E-state index in [9.17, 15) is 9.59 Å². The summed E-state index contributed by atoms with van der Waals surface area (Å²) in [5.74, 6) is 1.41. The van der Waals surface area contributed by atoms with Crippen LogP contribution in [0.1, 0.15) is 48.9 Å². The zero-order valence-electron chi connectivity index (χ0n) is 23.2. The standard InChI is InChI=1S/C27H31Cl2N7O4S/c1-14(37)31-18-7-5-6-8-19(18)33-26-30-10-16-11-35(24-22(28)20(39-3)9-21(40-4)23(24)29)27(38)36(25(16)34-26)12-17-13-41-15(2)32-17/h9-10,13,18-19H,5-8,11-12H2,1-4H3,(H,31,37)(H,30,33,34). The first kappa shape index (κ1) is 29.2. The van der Waals surface area contributed by atoms with Crippen LogP contribution in [0, 0.1) is 6.92 Å². The van der Waals surface area contributed by atoms with Gasteiger partial charge in [0.05, 0.1) is 43.7 Å². The van der Waals surface area contributed by atoms with Crippen LogP contribution in [0.25, 0.3) is 0 Å². The Morgan fingerprint density at radius 3 is 2.41 bits per heavy atom. The highest BCUT2D eigenvalue weighted by atomic mass is 35.5. The molecule has 2 atom stereocenters. The molecule has 1 saturated carbocycles. The van der Waals surface area contributed by atoms with Gasteiger partial charge in [0.2, 0.25) is 11.9 Å². The Morgan fingerprint density at radius 1 is 1.12 bits per heavy atom. The molecule has 218 valence electrons. The number of hydrogen-bond acceptors (Lipinski definition) is 9. The predicted molar refractivity (Wildman–Crippen MR) is 160 cm³/mol. The molecule has 1 aliphatic carbocycles. The second-order valence-corrected chi connectivity index (χ2v) is 11.8. The number of aromatic nitrogens is 3. The third-order valence-corrected chi connectivity index (χ3v) is 8.72. The van der Waals surface area contributed by atoms with Gasteiger partial charge < -0.3 is 20.1 Å². The average Bonchev–Trinajstić information content (AvgIpc) is 3.36. The van der Waals surface area contributed by atoms with Crippen LogP contribution in [0.3, 0.4) is 0 Å². The minimum atomic E-state index is -0.388. The quantitative estimate of drug-likeness (QED) is 0.335. The van der Waals surface area contributed by atoms with Gasteiger partial charge in [-0.3, -0.25) is 14.6 Å². The van der Waals surface area contributed by atoms with E-state index in [2.05, 4.69) is 20.6 Å². The van der Waals surface area contributed by atoms with Crippen molar-refractivity contribution >= 4 is 63.9 Å². The van der Waals surface area contributed by atoms with Gasteiger partial charge in [0.25, 0.3) is 0 Å². The van der Waals surface area contributed by atoms with Crippen LogP contribution in [0.15, 0.2) is 17.6 Å². The zero-order valence-corrected chi connectivity index (χ0v) is 25.5. The number of nitrogens with zero attached hydrogens (tertiary/aromatic N) is 5. The molecule has 14 heteroatoms. The van der Waals surface area contributed by atoms with E-state index < -0.39 is 0 Å². The Bertz CT molecular complexity index is 1440. The lowest BCUT2D eigenvalue weighted by molar-refractivity contribution is -0.119. The summed E-state index contributed by atoms with van der Waals surface area (Å²) in [5.41, 5.74) is 1.68. The molecule has 1 aromatic carbocycles. The number of nitrogens with one attached hydrogen (secondary N) is 2. The second-order valence-electron chi connectivity index (χ2n) is 9.96. The SMILES string of the molecule is COc1cc(OC)c(Cl)c(N2Cc3cnc(NC4CCCCC4NC(C)=O)nc3N(Cc3csc(C)n3)C2=O)c1Cl. The minimum absolute atomic E-state index is 0.0283. The number of fused-ring (bicyclic) bond motifs is 1. The van der Waals surface area contributed by atoms with Crippen molar-refractivity contribution < 1.29 is 19.1 Å². The van der Waals surface area contributed by atoms with Gasteiger partial charge in [-0.2, -0.15) is 4.98 Å². The number of thiazole rings is 1. The van der Waals surface area contributed by atoms with E-state index in [4.69, 9.17) is 37.7 Å². The number of ether oxygens (including phenoxy) is 2. The molecule has 0 spiro atoms. The van der Waals surface area contributed by atoms with Crippen LogP contribution in [0.4, 0.5) is 22.2 Å². The lowest BCUT2D eigenvalue weighted by atomic mass is 9.90. The molecular weight excluding hydrogens is 589 g/mol. The highest BCUT2D eigenvalue weighted by Crippen LogP contribution is 2.48. The summed E-state index contributed by atoms with van der Waals surface area (Å²) in [5, 5.41) is 9.60.